The van der Waals surface area contributed by atoms with Crippen molar-refractivity contribution in [3.63, 3.8) is 0 Å². The van der Waals surface area contributed by atoms with Crippen molar-refractivity contribution in [2.45, 2.75) is 25.4 Å². The smallest absolute Gasteiger partial charge is 0.244 e. The Morgan fingerprint density at radius 2 is 1.60 bits per heavy atom. The summed E-state index contributed by atoms with van der Waals surface area (Å²) >= 11 is 13.1. The molecule has 0 spiro atoms. The van der Waals surface area contributed by atoms with E-state index in [1.54, 1.807) is 29.3 Å². The van der Waals surface area contributed by atoms with Crippen LogP contribution in [0, 0.1) is 11.7 Å². The van der Waals surface area contributed by atoms with Gasteiger partial charge in [-0.25, -0.2) is 9.40 Å². The summed E-state index contributed by atoms with van der Waals surface area (Å²) in [7, 11) is 0. The fraction of sp³-hybridized carbons (Fsp3) is 0.348. The van der Waals surface area contributed by atoms with Crippen molar-refractivity contribution in [3.8, 4) is 11.1 Å². The highest BCUT2D eigenvalue weighted by molar-refractivity contribution is 6.38. The summed E-state index contributed by atoms with van der Waals surface area (Å²) < 4.78 is 13.2. The maximum Gasteiger partial charge on any atom is 0.244 e. The van der Waals surface area contributed by atoms with E-state index in [-0.39, 0.29) is 23.7 Å². The Morgan fingerprint density at radius 3 is 2.20 bits per heavy atom. The molecule has 1 amide bonds. The number of benzene rings is 2. The van der Waals surface area contributed by atoms with Crippen LogP contribution in [0.1, 0.15) is 24.8 Å². The molecule has 2 saturated heterocycles. The Hall–Kier alpha value is -1.92. The van der Waals surface area contributed by atoms with E-state index in [2.05, 4.69) is 6.58 Å². The van der Waals surface area contributed by atoms with Gasteiger partial charge in [0, 0.05) is 25.2 Å². The minimum atomic E-state index is -0.386. The number of hydrogen-bond donors (Lipinski definition) is 1. The van der Waals surface area contributed by atoms with Crippen molar-refractivity contribution in [2.75, 3.05) is 19.6 Å². The maximum atomic E-state index is 13.2. The van der Waals surface area contributed by atoms with E-state index in [9.17, 15) is 14.3 Å². The highest BCUT2D eigenvalue weighted by Gasteiger charge is 2.38. The lowest BCUT2D eigenvalue weighted by atomic mass is 9.91. The maximum absolute atomic E-state index is 13.2. The molecule has 158 valence electrons. The van der Waals surface area contributed by atoms with Gasteiger partial charge in [-0.05, 0) is 60.2 Å². The van der Waals surface area contributed by atoms with Crippen LogP contribution in [-0.2, 0) is 4.79 Å². The van der Waals surface area contributed by atoms with E-state index in [1.807, 2.05) is 5.01 Å². The largest absolute Gasteiger partial charge is 0.393 e. The molecular weight excluding hydrogens is 426 g/mol. The van der Waals surface area contributed by atoms with Crippen molar-refractivity contribution in [2.24, 2.45) is 5.92 Å². The highest BCUT2D eigenvalue weighted by Crippen LogP contribution is 2.41. The van der Waals surface area contributed by atoms with Gasteiger partial charge in [-0.3, -0.25) is 9.80 Å². The van der Waals surface area contributed by atoms with Crippen LogP contribution in [0.5, 0.6) is 0 Å². The number of aliphatic hydroxyl groups excluding tert-OH is 1. The molecular formula is C23H23Cl2FN2O2. The zero-order valence-electron chi connectivity index (χ0n) is 16.5. The second kappa shape index (κ2) is 8.67. The van der Waals surface area contributed by atoms with Crippen LogP contribution in [0.3, 0.4) is 0 Å². The van der Waals surface area contributed by atoms with E-state index in [0.29, 0.717) is 60.1 Å². The number of hydrazine groups is 1. The molecule has 2 heterocycles. The lowest BCUT2D eigenvalue weighted by molar-refractivity contribution is -0.148. The molecule has 2 aromatic rings. The molecule has 2 aliphatic heterocycles. The normalized spacial score (nSPS) is 20.7. The van der Waals surface area contributed by atoms with Crippen LogP contribution in [0.15, 0.2) is 43.0 Å². The molecule has 2 aromatic carbocycles. The number of rotatable bonds is 4. The zero-order chi connectivity index (χ0) is 21.4. The molecule has 2 fully saturated rings. The number of amides is 1. The first-order valence-electron chi connectivity index (χ1n) is 10.0. The molecule has 30 heavy (non-hydrogen) atoms. The van der Waals surface area contributed by atoms with Crippen molar-refractivity contribution in [3.05, 3.63) is 64.4 Å². The molecule has 0 aromatic heterocycles. The third kappa shape index (κ3) is 4.12. The summed E-state index contributed by atoms with van der Waals surface area (Å²) in [6.45, 7) is 6.11. The van der Waals surface area contributed by atoms with E-state index >= 15 is 0 Å². The molecule has 1 atom stereocenters. The number of carbonyl (C=O) groups is 1. The summed E-state index contributed by atoms with van der Waals surface area (Å²) in [6.07, 6.45) is 1.68. The van der Waals surface area contributed by atoms with E-state index < -0.39 is 0 Å². The van der Waals surface area contributed by atoms with Crippen LogP contribution in [-0.4, -0.2) is 46.8 Å². The second-order valence-electron chi connectivity index (χ2n) is 7.83. The van der Waals surface area contributed by atoms with Gasteiger partial charge in [-0.15, -0.1) is 0 Å². The summed E-state index contributed by atoms with van der Waals surface area (Å²) in [5, 5.41) is 14.3. The molecule has 0 bridgehead atoms. The van der Waals surface area contributed by atoms with Crippen LogP contribution >= 0.6 is 23.2 Å². The zero-order valence-corrected chi connectivity index (χ0v) is 18.0. The standard InChI is InChI=1S/C23H23Cl2FN2O2/c1-14(19-8-11-28(23(19)30)27-9-6-18(29)7-10-27)22-20(24)12-16(13-21(22)25)15-2-4-17(26)5-3-15/h2-5,12-13,18-19,29H,1,6-11H2/t19-/m0/s1. The number of aliphatic hydroxyl groups is 1. The van der Waals surface area contributed by atoms with Gasteiger partial charge in [-0.2, -0.15) is 0 Å². The van der Waals surface area contributed by atoms with Gasteiger partial charge in [0.15, 0.2) is 0 Å². The number of carbonyl (C=O) groups excluding carboxylic acids is 1. The molecule has 2 aliphatic rings. The molecule has 0 unspecified atom stereocenters. The average Bonchev–Trinajstić information content (AvgIpc) is 3.10. The van der Waals surface area contributed by atoms with Crippen molar-refractivity contribution in [1.29, 1.82) is 0 Å². The third-order valence-electron chi connectivity index (χ3n) is 5.93. The Kier molecular flexibility index (Phi) is 6.16. The van der Waals surface area contributed by atoms with Crippen LogP contribution < -0.4 is 0 Å². The van der Waals surface area contributed by atoms with Gasteiger partial charge in [0.05, 0.1) is 22.1 Å². The molecule has 1 N–H and O–H groups in total. The second-order valence-corrected chi connectivity index (χ2v) is 8.65. The molecule has 4 nitrogen and oxygen atoms in total. The number of hydrogen-bond acceptors (Lipinski definition) is 3. The highest BCUT2D eigenvalue weighted by atomic mass is 35.5. The summed E-state index contributed by atoms with van der Waals surface area (Å²) in [6, 6.07) is 9.64. The predicted molar refractivity (Wildman–Crippen MR) is 118 cm³/mol. The Balaban J connectivity index is 1.54. The van der Waals surface area contributed by atoms with Gasteiger partial charge in [0.25, 0.3) is 0 Å². The summed E-state index contributed by atoms with van der Waals surface area (Å²) in [4.78, 5) is 13.1. The lowest BCUT2D eigenvalue weighted by Gasteiger charge is -2.36. The lowest BCUT2D eigenvalue weighted by Crippen LogP contribution is -2.49. The molecule has 4 rings (SSSR count). The molecule has 0 saturated carbocycles. The number of piperidine rings is 1. The van der Waals surface area contributed by atoms with E-state index in [4.69, 9.17) is 23.2 Å². The fourth-order valence-corrected chi connectivity index (χ4v) is 4.96. The fourth-order valence-electron chi connectivity index (χ4n) is 4.23. The van der Waals surface area contributed by atoms with Gasteiger partial charge in [0.1, 0.15) is 5.82 Å². The van der Waals surface area contributed by atoms with Crippen molar-refractivity contribution in [1.82, 2.24) is 10.0 Å². The van der Waals surface area contributed by atoms with Gasteiger partial charge in [0.2, 0.25) is 5.91 Å². The minimum Gasteiger partial charge on any atom is -0.393 e. The summed E-state index contributed by atoms with van der Waals surface area (Å²) in [5.41, 5.74) is 2.76. The first kappa shape index (κ1) is 21.3. The monoisotopic (exact) mass is 448 g/mol. The summed E-state index contributed by atoms with van der Waals surface area (Å²) in [5.74, 6) is -0.705. The van der Waals surface area contributed by atoms with Crippen molar-refractivity contribution >= 4 is 34.7 Å². The predicted octanol–water partition coefficient (Wildman–Crippen LogP) is 5.03. The third-order valence-corrected chi connectivity index (χ3v) is 6.52. The SMILES string of the molecule is C=C(c1c(Cl)cc(-c2ccc(F)cc2)cc1Cl)[C@@H]1CCN(N2CCC(O)CC2)C1=O. The van der Waals surface area contributed by atoms with E-state index in [1.165, 1.54) is 12.1 Å². The average molecular weight is 449 g/mol. The van der Waals surface area contributed by atoms with Crippen LogP contribution in [0.4, 0.5) is 4.39 Å². The van der Waals surface area contributed by atoms with Crippen molar-refractivity contribution < 1.29 is 14.3 Å². The first-order valence-corrected chi connectivity index (χ1v) is 10.8. The Labute approximate surface area is 185 Å². The van der Waals surface area contributed by atoms with E-state index in [0.717, 1.165) is 11.1 Å². The Bertz CT molecular complexity index is 949. The van der Waals surface area contributed by atoms with Gasteiger partial charge < -0.3 is 5.11 Å². The van der Waals surface area contributed by atoms with Crippen LogP contribution in [0.2, 0.25) is 10.0 Å². The number of nitrogens with zero attached hydrogens (tertiary/aromatic N) is 2. The van der Waals surface area contributed by atoms with Crippen LogP contribution in [0.25, 0.3) is 16.7 Å². The van der Waals surface area contributed by atoms with Gasteiger partial charge in [-0.1, -0.05) is 41.9 Å². The molecule has 7 heteroatoms. The number of halogens is 3. The van der Waals surface area contributed by atoms with Gasteiger partial charge >= 0.3 is 0 Å². The minimum absolute atomic E-state index is 0.00821. The molecule has 0 aliphatic carbocycles. The topological polar surface area (TPSA) is 43.8 Å². The molecule has 0 radical (unpaired) electrons. The Morgan fingerprint density at radius 1 is 1.00 bits per heavy atom. The quantitative estimate of drug-likeness (QED) is 0.712. The first-order chi connectivity index (χ1) is 14.3.